The summed E-state index contributed by atoms with van der Waals surface area (Å²) in [7, 11) is 0. The third-order valence-electron chi connectivity index (χ3n) is 3.98. The number of aliphatic imine (C=N–C) groups is 1. The predicted octanol–water partition coefficient (Wildman–Crippen LogP) is 4.44. The number of anilines is 2. The lowest BCUT2D eigenvalue weighted by Gasteiger charge is -2.10. The Morgan fingerprint density at radius 3 is 3.04 bits per heavy atom. The number of H-pyrrole nitrogens is 1. The van der Waals surface area contributed by atoms with Crippen LogP contribution in [0.2, 0.25) is 5.02 Å². The van der Waals surface area contributed by atoms with Crippen LogP contribution in [0.5, 0.6) is 0 Å². The number of furan rings is 1. The van der Waals surface area contributed by atoms with Crippen molar-refractivity contribution >= 4 is 57.4 Å². The fourth-order valence-corrected chi connectivity index (χ4v) is 2.96. The van der Waals surface area contributed by atoms with Crippen LogP contribution in [-0.2, 0) is 0 Å². The molecule has 0 saturated carbocycles. The molecule has 0 spiro atoms. The lowest BCUT2D eigenvalue weighted by Crippen LogP contribution is -1.99. The molecule has 4 rings (SSSR count). The molecule has 0 amide bonds. The Kier molecular flexibility index (Phi) is 3.51. The molecular formula is C17H13ClN6O. The molecule has 7 nitrogen and oxygen atoms in total. The molecular weight excluding hydrogens is 340 g/mol. The molecule has 0 aliphatic heterocycles. The minimum Gasteiger partial charge on any atom is -0.449 e. The number of fused-ring (bicyclic) bond motifs is 2. The Morgan fingerprint density at radius 1 is 1.40 bits per heavy atom. The minimum atomic E-state index is -0.0622. The van der Waals surface area contributed by atoms with E-state index in [4.69, 9.17) is 21.4 Å². The van der Waals surface area contributed by atoms with Crippen molar-refractivity contribution < 1.29 is 4.42 Å². The summed E-state index contributed by atoms with van der Waals surface area (Å²) in [6.45, 7) is 5.33. The van der Waals surface area contributed by atoms with E-state index in [1.165, 1.54) is 0 Å². The van der Waals surface area contributed by atoms with Crippen molar-refractivity contribution in [2.75, 3.05) is 5.32 Å². The first-order chi connectivity index (χ1) is 12.1. The van der Waals surface area contributed by atoms with Crippen LogP contribution in [0, 0.1) is 12.3 Å². The molecule has 124 valence electrons. The molecule has 0 fully saturated rings. The van der Waals surface area contributed by atoms with Crippen molar-refractivity contribution in [3.05, 3.63) is 47.1 Å². The van der Waals surface area contributed by atoms with E-state index in [1.54, 1.807) is 18.6 Å². The second-order valence-corrected chi connectivity index (χ2v) is 5.90. The fraction of sp³-hybridized carbons (Fsp3) is 0.0588. The van der Waals surface area contributed by atoms with Gasteiger partial charge >= 0.3 is 0 Å². The standard InChI is InChI=1S/C17H13ClN6O/c1-8-5-11(10-6-22-24-14(10)13(8)18)23-15-9-3-4-21-7-12(9)25-16(15)17(19)20-2/h3-7,19,23H,2H2,1H3,(H,22,24). The summed E-state index contributed by atoms with van der Waals surface area (Å²) in [4.78, 5) is 7.74. The Bertz CT molecular complexity index is 1140. The number of aromatic nitrogens is 3. The zero-order valence-electron chi connectivity index (χ0n) is 13.2. The van der Waals surface area contributed by atoms with Gasteiger partial charge in [-0.3, -0.25) is 15.5 Å². The third-order valence-corrected chi connectivity index (χ3v) is 4.47. The first-order valence-corrected chi connectivity index (χ1v) is 7.79. The number of amidine groups is 1. The first kappa shape index (κ1) is 15.3. The molecule has 0 atom stereocenters. The zero-order chi connectivity index (χ0) is 17.6. The number of benzene rings is 1. The van der Waals surface area contributed by atoms with Crippen LogP contribution in [0.25, 0.3) is 21.9 Å². The molecule has 8 heteroatoms. The van der Waals surface area contributed by atoms with Crippen LogP contribution in [0.15, 0.2) is 40.1 Å². The molecule has 1 aromatic carbocycles. The van der Waals surface area contributed by atoms with Gasteiger partial charge in [-0.2, -0.15) is 5.10 Å². The largest absolute Gasteiger partial charge is 0.449 e. The topological polar surface area (TPSA) is 103 Å². The van der Waals surface area contributed by atoms with Crippen LogP contribution < -0.4 is 5.32 Å². The number of rotatable bonds is 3. The van der Waals surface area contributed by atoms with E-state index in [9.17, 15) is 0 Å². The van der Waals surface area contributed by atoms with Crippen LogP contribution in [-0.4, -0.2) is 27.7 Å². The van der Waals surface area contributed by atoms with Crippen LogP contribution in [0.4, 0.5) is 11.4 Å². The number of nitrogens with one attached hydrogen (secondary N) is 3. The fourth-order valence-electron chi connectivity index (χ4n) is 2.76. The molecule has 4 aromatic rings. The molecule has 3 heterocycles. The number of pyridine rings is 1. The van der Waals surface area contributed by atoms with Gasteiger partial charge in [0.1, 0.15) is 0 Å². The van der Waals surface area contributed by atoms with Gasteiger partial charge in [0.15, 0.2) is 17.2 Å². The molecule has 3 aromatic heterocycles. The van der Waals surface area contributed by atoms with Crippen LogP contribution >= 0.6 is 11.6 Å². The molecule has 25 heavy (non-hydrogen) atoms. The molecule has 3 N–H and O–H groups in total. The quantitative estimate of drug-likeness (QED) is 0.374. The summed E-state index contributed by atoms with van der Waals surface area (Å²) in [6.07, 6.45) is 4.96. The van der Waals surface area contributed by atoms with E-state index in [1.807, 2.05) is 19.1 Å². The van der Waals surface area contributed by atoms with Gasteiger partial charge in [-0.25, -0.2) is 4.99 Å². The van der Waals surface area contributed by atoms with E-state index in [2.05, 4.69) is 32.2 Å². The summed E-state index contributed by atoms with van der Waals surface area (Å²) in [5.41, 5.74) is 3.62. The summed E-state index contributed by atoms with van der Waals surface area (Å²) in [5, 5.41) is 20.6. The second-order valence-electron chi connectivity index (χ2n) is 5.52. The highest BCUT2D eigenvalue weighted by Crippen LogP contribution is 2.37. The van der Waals surface area contributed by atoms with Gasteiger partial charge < -0.3 is 9.73 Å². The van der Waals surface area contributed by atoms with E-state index in [-0.39, 0.29) is 5.84 Å². The minimum absolute atomic E-state index is 0.0622. The summed E-state index contributed by atoms with van der Waals surface area (Å²) >= 11 is 6.34. The maximum atomic E-state index is 8.00. The number of halogens is 1. The van der Waals surface area contributed by atoms with Crippen LogP contribution in [0.1, 0.15) is 11.3 Å². The van der Waals surface area contributed by atoms with Gasteiger partial charge in [0.05, 0.1) is 34.3 Å². The van der Waals surface area contributed by atoms with E-state index in [0.29, 0.717) is 22.1 Å². The molecule has 0 radical (unpaired) electrons. The monoisotopic (exact) mass is 352 g/mol. The number of nitrogens with zero attached hydrogens (tertiary/aromatic N) is 3. The average Bonchev–Trinajstić information content (AvgIpc) is 3.24. The van der Waals surface area contributed by atoms with E-state index < -0.39 is 0 Å². The maximum absolute atomic E-state index is 8.00. The van der Waals surface area contributed by atoms with Crippen molar-refractivity contribution in [1.82, 2.24) is 15.2 Å². The Hall–Kier alpha value is -3.19. The molecule has 0 saturated heterocycles. The zero-order valence-corrected chi connectivity index (χ0v) is 14.0. The van der Waals surface area contributed by atoms with E-state index in [0.717, 1.165) is 27.5 Å². The predicted molar refractivity (Wildman–Crippen MR) is 99.5 cm³/mol. The highest BCUT2D eigenvalue weighted by molar-refractivity contribution is 6.36. The first-order valence-electron chi connectivity index (χ1n) is 7.41. The van der Waals surface area contributed by atoms with E-state index >= 15 is 0 Å². The summed E-state index contributed by atoms with van der Waals surface area (Å²) < 4.78 is 5.74. The van der Waals surface area contributed by atoms with Crippen molar-refractivity contribution in [3.63, 3.8) is 0 Å². The van der Waals surface area contributed by atoms with Crippen molar-refractivity contribution in [1.29, 1.82) is 5.41 Å². The van der Waals surface area contributed by atoms with Crippen molar-refractivity contribution in [2.45, 2.75) is 6.92 Å². The molecule has 0 bridgehead atoms. The van der Waals surface area contributed by atoms with Crippen molar-refractivity contribution in [2.24, 2.45) is 4.99 Å². The Morgan fingerprint density at radius 2 is 2.24 bits per heavy atom. The van der Waals surface area contributed by atoms with Gasteiger partial charge in [0.2, 0.25) is 0 Å². The maximum Gasteiger partial charge on any atom is 0.195 e. The smallest absolute Gasteiger partial charge is 0.195 e. The van der Waals surface area contributed by atoms with Crippen molar-refractivity contribution in [3.8, 4) is 0 Å². The Balaban J connectivity index is 1.95. The van der Waals surface area contributed by atoms with Gasteiger partial charge in [0.25, 0.3) is 0 Å². The highest BCUT2D eigenvalue weighted by atomic mass is 35.5. The third kappa shape index (κ3) is 2.36. The van der Waals surface area contributed by atoms with Gasteiger partial charge in [-0.15, -0.1) is 0 Å². The summed E-state index contributed by atoms with van der Waals surface area (Å²) in [5.74, 6) is 0.232. The average molecular weight is 353 g/mol. The van der Waals surface area contributed by atoms with Gasteiger partial charge in [0, 0.05) is 17.0 Å². The lowest BCUT2D eigenvalue weighted by atomic mass is 10.1. The highest BCUT2D eigenvalue weighted by Gasteiger charge is 2.19. The van der Waals surface area contributed by atoms with Gasteiger partial charge in [-0.05, 0) is 31.3 Å². The number of hydrogen-bond acceptors (Lipinski definition) is 5. The number of aryl methyl sites for hydroxylation is 1. The Labute approximate surface area is 147 Å². The number of aromatic amines is 1. The summed E-state index contributed by atoms with van der Waals surface area (Å²) in [6, 6.07) is 3.74. The molecule has 0 unspecified atom stereocenters. The molecule has 0 aliphatic rings. The molecule has 0 aliphatic carbocycles. The SMILES string of the molecule is C=NC(=N)c1oc2cnccc2c1Nc1cc(C)c(Cl)c2[nH]ncc12. The van der Waals surface area contributed by atoms with Gasteiger partial charge in [-0.1, -0.05) is 11.6 Å². The second kappa shape index (κ2) is 5.71. The van der Waals surface area contributed by atoms with Crippen LogP contribution in [0.3, 0.4) is 0 Å². The normalized spacial score (nSPS) is 11.1. The lowest BCUT2D eigenvalue weighted by molar-refractivity contribution is 0.603. The number of hydrogen-bond donors (Lipinski definition) is 3.